The second-order valence-corrected chi connectivity index (χ2v) is 11.5. The molecule has 3 fully saturated rings. The Labute approximate surface area is 183 Å². The normalized spacial score (nSPS) is 24.3. The van der Waals surface area contributed by atoms with Gasteiger partial charge < -0.3 is 10.0 Å². The summed E-state index contributed by atoms with van der Waals surface area (Å²) in [6.45, 7) is 14.4. The van der Waals surface area contributed by atoms with Crippen LogP contribution in [0.1, 0.15) is 54.4 Å². The Morgan fingerprint density at radius 2 is 1.90 bits per heavy atom. The summed E-state index contributed by atoms with van der Waals surface area (Å²) in [5.41, 5.74) is 0.760. The number of imidazole rings is 1. The van der Waals surface area contributed by atoms with Crippen molar-refractivity contribution in [3.63, 3.8) is 0 Å². The smallest absolute Gasteiger partial charge is 0.407 e. The summed E-state index contributed by atoms with van der Waals surface area (Å²) in [5.74, 6) is 0.819. The monoisotopic (exact) mass is 429 g/mol. The van der Waals surface area contributed by atoms with Crippen LogP contribution in [-0.4, -0.2) is 54.9 Å². The molecule has 31 heavy (non-hydrogen) atoms. The number of anilines is 1. The van der Waals surface area contributed by atoms with Gasteiger partial charge in [-0.1, -0.05) is 41.5 Å². The van der Waals surface area contributed by atoms with Gasteiger partial charge in [0.15, 0.2) is 5.65 Å². The van der Waals surface area contributed by atoms with E-state index in [4.69, 9.17) is 4.98 Å². The number of aromatic nitrogens is 3. The lowest BCUT2D eigenvalue weighted by atomic mass is 9.64. The highest BCUT2D eigenvalue weighted by molar-refractivity contribution is 5.75. The predicted molar refractivity (Wildman–Crippen MR) is 122 cm³/mol. The van der Waals surface area contributed by atoms with Gasteiger partial charge in [-0.25, -0.2) is 14.6 Å². The number of piperazine rings is 1. The molecular formula is C23H35N5O3. The lowest BCUT2D eigenvalue weighted by molar-refractivity contribution is -0.0506. The molecule has 2 aromatic rings. The fourth-order valence-corrected chi connectivity index (χ4v) is 5.44. The van der Waals surface area contributed by atoms with Crippen LogP contribution in [0.2, 0.25) is 0 Å². The van der Waals surface area contributed by atoms with Gasteiger partial charge in [0.2, 0.25) is 0 Å². The quantitative estimate of drug-likeness (QED) is 0.790. The van der Waals surface area contributed by atoms with E-state index < -0.39 is 11.6 Å². The first-order valence-electron chi connectivity index (χ1n) is 11.1. The zero-order valence-electron chi connectivity index (χ0n) is 19.8. The molecule has 0 radical (unpaired) electrons. The first-order chi connectivity index (χ1) is 14.2. The molecule has 2 aromatic heterocycles. The average Bonchev–Trinajstić information content (AvgIpc) is 2.90. The Morgan fingerprint density at radius 1 is 1.23 bits per heavy atom. The van der Waals surface area contributed by atoms with Crippen molar-refractivity contribution < 1.29 is 9.90 Å². The van der Waals surface area contributed by atoms with Crippen molar-refractivity contribution in [1.82, 2.24) is 19.0 Å². The molecule has 0 saturated carbocycles. The third-order valence-corrected chi connectivity index (χ3v) is 7.19. The molecule has 5 rings (SSSR count). The lowest BCUT2D eigenvalue weighted by Gasteiger charge is -2.63. The van der Waals surface area contributed by atoms with E-state index in [1.807, 2.05) is 12.1 Å². The van der Waals surface area contributed by atoms with Crippen LogP contribution in [0.4, 0.5) is 10.6 Å². The first kappa shape index (κ1) is 21.7. The van der Waals surface area contributed by atoms with Crippen LogP contribution in [0, 0.1) is 10.8 Å². The standard InChI is InChI=1S/C23H35N5O3/c1-21(2,3)13-27-16-8-9-17(24-18(16)25(7)19(27)29)26-14-23(22(4,5)6)11-10-15(26)12-28(23)20(30)31/h8-9,15H,10-14H2,1-7H3,(H,30,31). The third-order valence-electron chi connectivity index (χ3n) is 7.19. The van der Waals surface area contributed by atoms with Gasteiger partial charge in [0.25, 0.3) is 0 Å². The number of hydrogen-bond acceptors (Lipinski definition) is 4. The molecule has 1 amide bonds. The molecule has 3 aliphatic rings. The minimum absolute atomic E-state index is 0.0256. The Morgan fingerprint density at radius 3 is 2.48 bits per heavy atom. The van der Waals surface area contributed by atoms with Crippen LogP contribution >= 0.6 is 0 Å². The topological polar surface area (TPSA) is 83.6 Å². The molecule has 3 aliphatic heterocycles. The van der Waals surface area contributed by atoms with Crippen molar-refractivity contribution in [1.29, 1.82) is 0 Å². The second-order valence-electron chi connectivity index (χ2n) is 11.5. The van der Waals surface area contributed by atoms with Gasteiger partial charge in [-0.15, -0.1) is 0 Å². The SMILES string of the molecule is Cn1c(=O)n(CC(C)(C)C)c2ccc(N3CC4(C(C)(C)C)CCC3CN4C(=O)O)nc21. The van der Waals surface area contributed by atoms with Gasteiger partial charge in [0.1, 0.15) is 5.82 Å². The van der Waals surface area contributed by atoms with Crippen molar-refractivity contribution in [3.05, 3.63) is 22.6 Å². The Kier molecular flexibility index (Phi) is 4.72. The van der Waals surface area contributed by atoms with Crippen LogP contribution in [0.5, 0.6) is 0 Å². The highest BCUT2D eigenvalue weighted by atomic mass is 16.4. The Bertz CT molecular complexity index is 1090. The van der Waals surface area contributed by atoms with E-state index in [1.165, 1.54) is 0 Å². The maximum absolute atomic E-state index is 12.9. The molecule has 3 saturated heterocycles. The van der Waals surface area contributed by atoms with E-state index in [2.05, 4.69) is 46.4 Å². The third kappa shape index (κ3) is 3.31. The number of carbonyl (C=O) groups is 1. The molecule has 0 aromatic carbocycles. The molecule has 2 atom stereocenters. The summed E-state index contributed by atoms with van der Waals surface area (Å²) in [5, 5.41) is 9.90. The number of amides is 1. The number of carboxylic acid groups (broad SMARTS) is 1. The van der Waals surface area contributed by atoms with E-state index in [9.17, 15) is 14.7 Å². The predicted octanol–water partition coefficient (Wildman–Crippen LogP) is 3.53. The fourth-order valence-electron chi connectivity index (χ4n) is 5.44. The van der Waals surface area contributed by atoms with E-state index in [0.29, 0.717) is 25.3 Å². The lowest BCUT2D eigenvalue weighted by Crippen LogP contribution is -2.75. The van der Waals surface area contributed by atoms with Crippen molar-refractivity contribution in [2.24, 2.45) is 17.9 Å². The highest BCUT2D eigenvalue weighted by Gasteiger charge is 2.57. The number of pyridine rings is 1. The number of nitrogens with zero attached hydrogens (tertiary/aromatic N) is 5. The van der Waals surface area contributed by atoms with Gasteiger partial charge in [0.05, 0.1) is 11.1 Å². The van der Waals surface area contributed by atoms with Crippen molar-refractivity contribution in [2.45, 2.75) is 72.5 Å². The van der Waals surface area contributed by atoms with E-state index in [0.717, 1.165) is 24.2 Å². The van der Waals surface area contributed by atoms with Crippen LogP contribution < -0.4 is 10.6 Å². The minimum Gasteiger partial charge on any atom is -0.465 e. The molecule has 2 unspecified atom stereocenters. The fraction of sp³-hybridized carbons (Fsp3) is 0.696. The maximum Gasteiger partial charge on any atom is 0.407 e. The van der Waals surface area contributed by atoms with Gasteiger partial charge in [0, 0.05) is 32.7 Å². The van der Waals surface area contributed by atoms with Crippen LogP contribution in [0.15, 0.2) is 16.9 Å². The number of piperidine rings is 2. The van der Waals surface area contributed by atoms with Gasteiger partial charge >= 0.3 is 11.8 Å². The molecule has 2 bridgehead atoms. The molecule has 5 heterocycles. The van der Waals surface area contributed by atoms with E-state index in [1.54, 1.807) is 21.1 Å². The van der Waals surface area contributed by atoms with Crippen LogP contribution in [0.3, 0.4) is 0 Å². The summed E-state index contributed by atoms with van der Waals surface area (Å²) in [6, 6.07) is 4.08. The average molecular weight is 430 g/mol. The summed E-state index contributed by atoms with van der Waals surface area (Å²) in [7, 11) is 1.77. The summed E-state index contributed by atoms with van der Waals surface area (Å²) < 4.78 is 3.42. The molecule has 170 valence electrons. The summed E-state index contributed by atoms with van der Waals surface area (Å²) in [4.78, 5) is 33.8. The zero-order chi connectivity index (χ0) is 22.9. The first-order valence-corrected chi connectivity index (χ1v) is 11.1. The molecule has 0 aliphatic carbocycles. The van der Waals surface area contributed by atoms with Crippen LogP contribution in [-0.2, 0) is 13.6 Å². The number of fused-ring (bicyclic) bond motifs is 4. The number of rotatable bonds is 2. The maximum atomic E-state index is 12.9. The second kappa shape index (κ2) is 6.74. The Hall–Kier alpha value is -2.51. The number of hydrogen-bond donors (Lipinski definition) is 1. The van der Waals surface area contributed by atoms with Gasteiger partial charge in [-0.05, 0) is 35.8 Å². The molecule has 0 spiro atoms. The summed E-state index contributed by atoms with van der Waals surface area (Å²) >= 11 is 0. The van der Waals surface area contributed by atoms with Crippen molar-refractivity contribution in [2.75, 3.05) is 18.0 Å². The molecule has 8 nitrogen and oxygen atoms in total. The minimum atomic E-state index is -0.843. The molecular weight excluding hydrogens is 394 g/mol. The zero-order valence-corrected chi connectivity index (χ0v) is 19.8. The Balaban J connectivity index is 1.77. The molecule has 8 heteroatoms. The molecule has 1 N–H and O–H groups in total. The van der Waals surface area contributed by atoms with Crippen molar-refractivity contribution >= 4 is 23.1 Å². The van der Waals surface area contributed by atoms with Crippen LogP contribution in [0.25, 0.3) is 11.2 Å². The van der Waals surface area contributed by atoms with Gasteiger partial charge in [-0.2, -0.15) is 0 Å². The van der Waals surface area contributed by atoms with Gasteiger partial charge in [-0.3, -0.25) is 14.0 Å². The number of aryl methyl sites for hydroxylation is 1. The largest absolute Gasteiger partial charge is 0.465 e. The van der Waals surface area contributed by atoms with E-state index in [-0.39, 0.29) is 22.6 Å². The summed E-state index contributed by atoms with van der Waals surface area (Å²) in [6.07, 6.45) is 0.946. The van der Waals surface area contributed by atoms with E-state index >= 15 is 0 Å². The highest BCUT2D eigenvalue weighted by Crippen LogP contribution is 2.48. The van der Waals surface area contributed by atoms with Crippen molar-refractivity contribution in [3.8, 4) is 0 Å².